The smallest absolute Gasteiger partial charge is 0.383 e. The van der Waals surface area contributed by atoms with Crippen LogP contribution in [0.25, 0.3) is 0 Å². The van der Waals surface area contributed by atoms with Gasteiger partial charge >= 0.3 is 6.18 Å². The minimum Gasteiger partial charge on any atom is -0.383 e. The zero-order valence-corrected chi connectivity index (χ0v) is 10.6. The maximum atomic E-state index is 12.7. The average molecular weight is 270 g/mol. The molecular formula is C14H17F3N2. The van der Waals surface area contributed by atoms with Crippen molar-refractivity contribution >= 4 is 11.4 Å². The second-order valence-corrected chi connectivity index (χ2v) is 5.43. The summed E-state index contributed by atoms with van der Waals surface area (Å²) in [4.78, 5) is 0. The largest absolute Gasteiger partial charge is 0.416 e. The van der Waals surface area contributed by atoms with E-state index >= 15 is 0 Å². The first-order chi connectivity index (χ1) is 9.04. The van der Waals surface area contributed by atoms with Crippen molar-refractivity contribution in [1.82, 2.24) is 0 Å². The van der Waals surface area contributed by atoms with Gasteiger partial charge in [-0.25, -0.2) is 0 Å². The van der Waals surface area contributed by atoms with Crippen LogP contribution in [0.15, 0.2) is 18.2 Å². The SMILES string of the molecule is FC(F)(F)c1ccc2c(c1)NCC1CCCCC1N2. The summed E-state index contributed by atoms with van der Waals surface area (Å²) in [5, 5.41) is 6.58. The van der Waals surface area contributed by atoms with Gasteiger partial charge < -0.3 is 10.6 Å². The molecule has 1 aliphatic heterocycles. The number of nitrogens with one attached hydrogen (secondary N) is 2. The van der Waals surface area contributed by atoms with E-state index in [2.05, 4.69) is 10.6 Å². The zero-order chi connectivity index (χ0) is 13.5. The molecule has 0 aromatic heterocycles. The lowest BCUT2D eigenvalue weighted by Gasteiger charge is -2.30. The molecule has 0 spiro atoms. The van der Waals surface area contributed by atoms with E-state index in [4.69, 9.17) is 0 Å². The Hall–Kier alpha value is -1.39. The molecule has 0 saturated heterocycles. The molecule has 0 bridgehead atoms. The van der Waals surface area contributed by atoms with Crippen LogP contribution in [0.5, 0.6) is 0 Å². The molecule has 0 radical (unpaired) electrons. The molecule has 2 atom stereocenters. The van der Waals surface area contributed by atoms with Crippen LogP contribution < -0.4 is 10.6 Å². The van der Waals surface area contributed by atoms with E-state index in [0.29, 0.717) is 17.6 Å². The molecule has 3 rings (SSSR count). The molecular weight excluding hydrogens is 253 g/mol. The van der Waals surface area contributed by atoms with Gasteiger partial charge in [0.25, 0.3) is 0 Å². The molecule has 1 aromatic carbocycles. The van der Waals surface area contributed by atoms with Crippen molar-refractivity contribution in [1.29, 1.82) is 0 Å². The fraction of sp³-hybridized carbons (Fsp3) is 0.571. The summed E-state index contributed by atoms with van der Waals surface area (Å²) in [7, 11) is 0. The Bertz CT molecular complexity index is 470. The second-order valence-electron chi connectivity index (χ2n) is 5.43. The monoisotopic (exact) mass is 270 g/mol. The minimum absolute atomic E-state index is 0.388. The number of hydrogen-bond acceptors (Lipinski definition) is 2. The molecule has 1 aromatic rings. The Kier molecular flexibility index (Phi) is 3.07. The minimum atomic E-state index is -4.28. The summed E-state index contributed by atoms with van der Waals surface area (Å²) >= 11 is 0. The molecule has 5 heteroatoms. The molecule has 1 saturated carbocycles. The Morgan fingerprint density at radius 2 is 1.84 bits per heavy atom. The normalized spacial score (nSPS) is 26.5. The number of alkyl halides is 3. The predicted octanol–water partition coefficient (Wildman–Crippen LogP) is 4.10. The third kappa shape index (κ3) is 2.51. The summed E-state index contributed by atoms with van der Waals surface area (Å²) in [5.41, 5.74) is 0.775. The highest BCUT2D eigenvalue weighted by atomic mass is 19.4. The summed E-state index contributed by atoms with van der Waals surface area (Å²) in [6.45, 7) is 0.756. The quantitative estimate of drug-likeness (QED) is 0.741. The number of rotatable bonds is 0. The number of anilines is 2. The fourth-order valence-corrected chi connectivity index (χ4v) is 3.08. The van der Waals surface area contributed by atoms with Crippen molar-refractivity contribution < 1.29 is 13.2 Å². The van der Waals surface area contributed by atoms with Crippen LogP contribution in [0.1, 0.15) is 31.2 Å². The van der Waals surface area contributed by atoms with Gasteiger partial charge in [0, 0.05) is 12.6 Å². The van der Waals surface area contributed by atoms with Crippen LogP contribution in [0.4, 0.5) is 24.5 Å². The molecule has 2 N–H and O–H groups in total. The van der Waals surface area contributed by atoms with Gasteiger partial charge in [0.1, 0.15) is 0 Å². The van der Waals surface area contributed by atoms with E-state index in [9.17, 15) is 13.2 Å². The number of hydrogen-bond donors (Lipinski definition) is 2. The van der Waals surface area contributed by atoms with Crippen LogP contribution in [-0.2, 0) is 6.18 Å². The van der Waals surface area contributed by atoms with Gasteiger partial charge in [0.2, 0.25) is 0 Å². The van der Waals surface area contributed by atoms with Crippen LogP contribution >= 0.6 is 0 Å². The standard InChI is InChI=1S/C14H17F3N2/c15-14(16,17)10-5-6-12-13(7-10)18-8-9-3-1-2-4-11(9)19-12/h5-7,9,11,18-19H,1-4,8H2. The first-order valence-corrected chi connectivity index (χ1v) is 6.76. The second kappa shape index (κ2) is 4.62. The molecule has 0 amide bonds. The van der Waals surface area contributed by atoms with Gasteiger partial charge in [0.05, 0.1) is 16.9 Å². The number of benzene rings is 1. The van der Waals surface area contributed by atoms with Crippen molar-refractivity contribution in [2.45, 2.75) is 37.9 Å². The van der Waals surface area contributed by atoms with E-state index < -0.39 is 11.7 Å². The first kappa shape index (κ1) is 12.6. The van der Waals surface area contributed by atoms with Crippen LogP contribution in [0.3, 0.4) is 0 Å². The van der Waals surface area contributed by atoms with Crippen molar-refractivity contribution in [2.75, 3.05) is 17.2 Å². The number of fused-ring (bicyclic) bond motifs is 2. The number of halogens is 3. The van der Waals surface area contributed by atoms with Gasteiger partial charge in [-0.15, -0.1) is 0 Å². The third-order valence-electron chi connectivity index (χ3n) is 4.15. The molecule has 19 heavy (non-hydrogen) atoms. The van der Waals surface area contributed by atoms with E-state index in [-0.39, 0.29) is 0 Å². The van der Waals surface area contributed by atoms with Crippen molar-refractivity contribution in [2.24, 2.45) is 5.92 Å². The molecule has 2 unspecified atom stereocenters. The lowest BCUT2D eigenvalue weighted by molar-refractivity contribution is -0.137. The van der Waals surface area contributed by atoms with E-state index in [1.54, 1.807) is 6.07 Å². The summed E-state index contributed by atoms with van der Waals surface area (Å²) in [6, 6.07) is 4.29. The average Bonchev–Trinajstić information content (AvgIpc) is 2.55. The topological polar surface area (TPSA) is 24.1 Å². The van der Waals surface area contributed by atoms with E-state index in [1.165, 1.54) is 18.9 Å². The van der Waals surface area contributed by atoms with Crippen LogP contribution in [-0.4, -0.2) is 12.6 Å². The zero-order valence-electron chi connectivity index (χ0n) is 10.6. The maximum absolute atomic E-state index is 12.7. The van der Waals surface area contributed by atoms with Crippen molar-refractivity contribution in [3.05, 3.63) is 23.8 Å². The summed E-state index contributed by atoms with van der Waals surface area (Å²) in [6.07, 6.45) is 0.381. The molecule has 1 fully saturated rings. The Morgan fingerprint density at radius 1 is 1.05 bits per heavy atom. The summed E-state index contributed by atoms with van der Waals surface area (Å²) in [5.74, 6) is 0.510. The highest BCUT2D eigenvalue weighted by Crippen LogP contribution is 2.37. The molecule has 1 heterocycles. The van der Waals surface area contributed by atoms with Gasteiger partial charge in [-0.3, -0.25) is 0 Å². The molecule has 104 valence electrons. The molecule has 2 aliphatic rings. The van der Waals surface area contributed by atoms with Gasteiger partial charge in [-0.1, -0.05) is 12.8 Å². The lowest BCUT2D eigenvalue weighted by atomic mass is 9.84. The Morgan fingerprint density at radius 3 is 2.63 bits per heavy atom. The highest BCUT2D eigenvalue weighted by molar-refractivity contribution is 5.71. The van der Waals surface area contributed by atoms with E-state index in [0.717, 1.165) is 31.1 Å². The lowest BCUT2D eigenvalue weighted by Crippen LogP contribution is -2.34. The maximum Gasteiger partial charge on any atom is 0.416 e. The highest BCUT2D eigenvalue weighted by Gasteiger charge is 2.33. The Balaban J connectivity index is 1.89. The van der Waals surface area contributed by atoms with Crippen molar-refractivity contribution in [3.63, 3.8) is 0 Å². The van der Waals surface area contributed by atoms with E-state index in [1.807, 2.05) is 0 Å². The van der Waals surface area contributed by atoms with Crippen LogP contribution in [0, 0.1) is 5.92 Å². The summed E-state index contributed by atoms with van der Waals surface area (Å²) < 4.78 is 38.1. The Labute approximate surface area is 110 Å². The fourth-order valence-electron chi connectivity index (χ4n) is 3.08. The van der Waals surface area contributed by atoms with Crippen molar-refractivity contribution in [3.8, 4) is 0 Å². The van der Waals surface area contributed by atoms with Gasteiger partial charge in [-0.2, -0.15) is 13.2 Å². The van der Waals surface area contributed by atoms with Gasteiger partial charge in [-0.05, 0) is 37.0 Å². The molecule has 2 nitrogen and oxygen atoms in total. The van der Waals surface area contributed by atoms with Gasteiger partial charge in [0.15, 0.2) is 0 Å². The molecule has 1 aliphatic carbocycles. The predicted molar refractivity (Wildman–Crippen MR) is 69.3 cm³/mol. The van der Waals surface area contributed by atoms with Crippen LogP contribution in [0.2, 0.25) is 0 Å². The first-order valence-electron chi connectivity index (χ1n) is 6.76. The third-order valence-corrected chi connectivity index (χ3v) is 4.15.